The first-order valence-corrected chi connectivity index (χ1v) is 7.65. The van der Waals surface area contributed by atoms with Gasteiger partial charge >= 0.3 is 0 Å². The third kappa shape index (κ3) is 4.19. The van der Waals surface area contributed by atoms with Crippen LogP contribution in [-0.2, 0) is 4.74 Å². The molecule has 1 aliphatic heterocycles. The zero-order valence-electron chi connectivity index (χ0n) is 13.8. The molecule has 1 N–H and O–H groups in total. The zero-order valence-corrected chi connectivity index (χ0v) is 13.8. The topological polar surface area (TPSA) is 33.7 Å². The maximum Gasteiger partial charge on any atom is 0.123 e. The van der Waals surface area contributed by atoms with Crippen molar-refractivity contribution in [1.29, 1.82) is 0 Å². The minimum atomic E-state index is -0.0866. The van der Waals surface area contributed by atoms with Crippen LogP contribution in [0.25, 0.3) is 0 Å². The fourth-order valence-corrected chi connectivity index (χ4v) is 3.28. The van der Waals surface area contributed by atoms with E-state index < -0.39 is 0 Å². The molecule has 1 fully saturated rings. The van der Waals surface area contributed by atoms with Crippen molar-refractivity contribution in [3.8, 4) is 5.75 Å². The van der Waals surface area contributed by atoms with Gasteiger partial charge in [-0.15, -0.1) is 0 Å². The van der Waals surface area contributed by atoms with E-state index >= 15 is 0 Å². The van der Waals surface area contributed by atoms with Crippen LogP contribution in [0.5, 0.6) is 5.75 Å². The molecule has 0 aromatic heterocycles. The van der Waals surface area contributed by atoms with Gasteiger partial charge in [0, 0.05) is 31.2 Å². The number of likely N-dealkylation sites (N-methyl/N-ethyl adjacent to an activating group) is 1. The summed E-state index contributed by atoms with van der Waals surface area (Å²) < 4.78 is 11.5. The van der Waals surface area contributed by atoms with Gasteiger partial charge in [-0.1, -0.05) is 18.2 Å². The van der Waals surface area contributed by atoms with E-state index in [4.69, 9.17) is 9.47 Å². The molecule has 21 heavy (non-hydrogen) atoms. The highest BCUT2D eigenvalue weighted by molar-refractivity contribution is 5.36. The minimum Gasteiger partial charge on any atom is -0.496 e. The lowest BCUT2D eigenvalue weighted by Gasteiger charge is -2.43. The molecule has 2 rings (SSSR count). The Labute approximate surface area is 128 Å². The van der Waals surface area contributed by atoms with Gasteiger partial charge in [-0.2, -0.15) is 0 Å². The standard InChI is InChI=1S/C17H28N2O2/c1-13-10-19(12-17(2,3)21-13)11-15(18-4)14-8-6-7-9-16(14)20-5/h6-9,13,15,18H,10-12H2,1-5H3. The lowest BCUT2D eigenvalue weighted by Crippen LogP contribution is -2.53. The number of benzene rings is 1. The summed E-state index contributed by atoms with van der Waals surface area (Å²) in [5, 5.41) is 3.42. The third-order valence-corrected chi connectivity index (χ3v) is 3.94. The molecule has 1 aromatic rings. The second kappa shape index (κ2) is 6.77. The van der Waals surface area contributed by atoms with Crippen LogP contribution in [0.4, 0.5) is 0 Å². The number of rotatable bonds is 5. The second-order valence-corrected chi connectivity index (χ2v) is 6.47. The Morgan fingerprint density at radius 3 is 2.76 bits per heavy atom. The van der Waals surface area contributed by atoms with Crippen LogP contribution >= 0.6 is 0 Å². The van der Waals surface area contributed by atoms with Gasteiger partial charge in [-0.3, -0.25) is 4.90 Å². The van der Waals surface area contributed by atoms with Crippen molar-refractivity contribution in [2.45, 2.75) is 38.5 Å². The van der Waals surface area contributed by atoms with Crippen molar-refractivity contribution in [2.75, 3.05) is 33.8 Å². The van der Waals surface area contributed by atoms with Crippen LogP contribution in [0.3, 0.4) is 0 Å². The van der Waals surface area contributed by atoms with E-state index in [2.05, 4.69) is 43.1 Å². The fraction of sp³-hybridized carbons (Fsp3) is 0.647. The normalized spacial score (nSPS) is 23.8. The van der Waals surface area contributed by atoms with Crippen LogP contribution in [0, 0.1) is 0 Å². The molecule has 4 heteroatoms. The SMILES string of the molecule is CNC(CN1CC(C)OC(C)(C)C1)c1ccccc1OC. The van der Waals surface area contributed by atoms with Crippen LogP contribution in [-0.4, -0.2) is 50.4 Å². The Hall–Kier alpha value is -1.10. The van der Waals surface area contributed by atoms with E-state index in [1.807, 2.05) is 19.2 Å². The average molecular weight is 292 g/mol. The van der Waals surface area contributed by atoms with Gasteiger partial charge < -0.3 is 14.8 Å². The highest BCUT2D eigenvalue weighted by Crippen LogP contribution is 2.27. The second-order valence-electron chi connectivity index (χ2n) is 6.47. The first-order valence-electron chi connectivity index (χ1n) is 7.65. The smallest absolute Gasteiger partial charge is 0.123 e. The number of nitrogens with zero attached hydrogens (tertiary/aromatic N) is 1. The summed E-state index contributed by atoms with van der Waals surface area (Å²) in [6, 6.07) is 8.48. The van der Waals surface area contributed by atoms with Crippen molar-refractivity contribution in [2.24, 2.45) is 0 Å². The number of nitrogens with one attached hydrogen (secondary N) is 1. The molecule has 1 aliphatic rings. The molecule has 118 valence electrons. The summed E-state index contributed by atoms with van der Waals surface area (Å²) in [6.45, 7) is 9.33. The van der Waals surface area contributed by atoms with Gasteiger partial charge in [-0.25, -0.2) is 0 Å². The summed E-state index contributed by atoms with van der Waals surface area (Å²) in [5.41, 5.74) is 1.12. The lowest BCUT2D eigenvalue weighted by molar-refractivity contribution is -0.129. The number of para-hydroxylation sites is 1. The first kappa shape index (κ1) is 16.3. The number of morpholine rings is 1. The highest BCUT2D eigenvalue weighted by atomic mass is 16.5. The monoisotopic (exact) mass is 292 g/mol. The molecule has 2 atom stereocenters. The van der Waals surface area contributed by atoms with E-state index in [-0.39, 0.29) is 17.7 Å². The molecule has 1 saturated heterocycles. The minimum absolute atomic E-state index is 0.0866. The molecule has 0 saturated carbocycles. The van der Waals surface area contributed by atoms with Crippen LogP contribution < -0.4 is 10.1 Å². The van der Waals surface area contributed by atoms with Crippen molar-refractivity contribution >= 4 is 0 Å². The molecule has 0 amide bonds. The summed E-state index contributed by atoms with van der Waals surface area (Å²) in [7, 11) is 3.73. The number of hydrogen-bond donors (Lipinski definition) is 1. The maximum absolute atomic E-state index is 5.98. The van der Waals surface area contributed by atoms with E-state index in [9.17, 15) is 0 Å². The molecule has 0 bridgehead atoms. The Balaban J connectivity index is 2.12. The summed E-state index contributed by atoms with van der Waals surface area (Å²) in [4.78, 5) is 2.47. The van der Waals surface area contributed by atoms with Gasteiger partial charge in [0.15, 0.2) is 0 Å². The molecule has 0 spiro atoms. The Morgan fingerprint density at radius 2 is 2.14 bits per heavy atom. The predicted octanol–water partition coefficient (Wildman–Crippen LogP) is 2.46. The highest BCUT2D eigenvalue weighted by Gasteiger charge is 2.32. The largest absolute Gasteiger partial charge is 0.496 e. The van der Waals surface area contributed by atoms with Gasteiger partial charge in [0.1, 0.15) is 5.75 Å². The quantitative estimate of drug-likeness (QED) is 0.904. The fourth-order valence-electron chi connectivity index (χ4n) is 3.28. The van der Waals surface area contributed by atoms with Crippen LogP contribution in [0.15, 0.2) is 24.3 Å². The third-order valence-electron chi connectivity index (χ3n) is 3.94. The molecular weight excluding hydrogens is 264 g/mol. The number of ether oxygens (including phenoxy) is 2. The van der Waals surface area contributed by atoms with Crippen LogP contribution in [0.2, 0.25) is 0 Å². The summed E-state index contributed by atoms with van der Waals surface area (Å²) >= 11 is 0. The lowest BCUT2D eigenvalue weighted by atomic mass is 10.0. The number of methoxy groups -OCH3 is 1. The zero-order chi connectivity index (χ0) is 15.5. The molecule has 4 nitrogen and oxygen atoms in total. The van der Waals surface area contributed by atoms with Crippen molar-refractivity contribution < 1.29 is 9.47 Å². The molecule has 2 unspecified atom stereocenters. The Bertz CT molecular complexity index is 462. The molecule has 0 aliphatic carbocycles. The van der Waals surface area contributed by atoms with Crippen molar-refractivity contribution in [3.05, 3.63) is 29.8 Å². The van der Waals surface area contributed by atoms with Gasteiger partial charge in [0.25, 0.3) is 0 Å². The van der Waals surface area contributed by atoms with Crippen molar-refractivity contribution in [3.63, 3.8) is 0 Å². The Morgan fingerprint density at radius 1 is 1.43 bits per heavy atom. The van der Waals surface area contributed by atoms with E-state index in [0.717, 1.165) is 25.4 Å². The summed E-state index contributed by atoms with van der Waals surface area (Å²) in [6.07, 6.45) is 0.268. The molecular formula is C17H28N2O2. The van der Waals surface area contributed by atoms with Crippen LogP contribution in [0.1, 0.15) is 32.4 Å². The van der Waals surface area contributed by atoms with Crippen molar-refractivity contribution in [1.82, 2.24) is 10.2 Å². The van der Waals surface area contributed by atoms with E-state index in [1.54, 1.807) is 7.11 Å². The van der Waals surface area contributed by atoms with E-state index in [0.29, 0.717) is 0 Å². The first-order chi connectivity index (χ1) is 9.95. The van der Waals surface area contributed by atoms with E-state index in [1.165, 1.54) is 5.56 Å². The van der Waals surface area contributed by atoms with Gasteiger partial charge in [-0.05, 0) is 33.9 Å². The number of hydrogen-bond acceptors (Lipinski definition) is 4. The predicted molar refractivity (Wildman–Crippen MR) is 85.9 cm³/mol. The summed E-state index contributed by atoms with van der Waals surface area (Å²) in [5.74, 6) is 0.942. The molecule has 1 heterocycles. The average Bonchev–Trinajstić information content (AvgIpc) is 2.42. The molecule has 0 radical (unpaired) electrons. The van der Waals surface area contributed by atoms with Gasteiger partial charge in [0.2, 0.25) is 0 Å². The maximum atomic E-state index is 5.98. The Kier molecular flexibility index (Phi) is 5.25. The van der Waals surface area contributed by atoms with Gasteiger partial charge in [0.05, 0.1) is 18.8 Å². The molecule has 1 aromatic carbocycles.